The average molecular weight is 304 g/mol. The van der Waals surface area contributed by atoms with E-state index in [1.807, 2.05) is 12.3 Å². The molecule has 1 heterocycles. The number of hydrogen-bond acceptors (Lipinski definition) is 2. The van der Waals surface area contributed by atoms with Gasteiger partial charge in [0.2, 0.25) is 0 Å². The van der Waals surface area contributed by atoms with Crippen molar-refractivity contribution in [3.8, 4) is 0 Å². The molecule has 0 saturated carbocycles. The third-order valence-electron chi connectivity index (χ3n) is 2.98. The number of hydrogen-bond donors (Lipinski definition) is 2. The van der Waals surface area contributed by atoms with Gasteiger partial charge in [0.05, 0.1) is 0 Å². The molecule has 0 radical (unpaired) electrons. The first-order valence-electron chi connectivity index (χ1n) is 6.93. The van der Waals surface area contributed by atoms with Gasteiger partial charge in [0.25, 0.3) is 0 Å². The minimum atomic E-state index is -0.210. The van der Waals surface area contributed by atoms with Gasteiger partial charge in [-0.1, -0.05) is 23.7 Å². The molecule has 2 N–H and O–H groups in total. The largest absolute Gasteiger partial charge is 0.338 e. The van der Waals surface area contributed by atoms with Crippen molar-refractivity contribution in [2.24, 2.45) is 0 Å². The average Bonchev–Trinajstić information content (AvgIpc) is 2.48. The first-order chi connectivity index (χ1) is 10.2. The molecule has 1 aromatic heterocycles. The fourth-order valence-corrected chi connectivity index (χ4v) is 2.13. The second kappa shape index (κ2) is 8.27. The maximum Gasteiger partial charge on any atom is 0.319 e. The van der Waals surface area contributed by atoms with Crippen LogP contribution in [-0.4, -0.2) is 17.6 Å². The molecule has 1 aromatic carbocycles. The summed E-state index contributed by atoms with van der Waals surface area (Å²) in [5, 5.41) is 6.18. The van der Waals surface area contributed by atoms with Gasteiger partial charge in [-0.05, 0) is 49.1 Å². The lowest BCUT2D eigenvalue weighted by Crippen LogP contribution is -2.29. The molecule has 5 heteroatoms. The molecule has 0 saturated heterocycles. The van der Waals surface area contributed by atoms with E-state index in [1.54, 1.807) is 30.5 Å². The van der Waals surface area contributed by atoms with Gasteiger partial charge in [-0.3, -0.25) is 4.98 Å². The predicted octanol–water partition coefficient (Wildman–Crippen LogP) is 3.88. The first kappa shape index (κ1) is 15.3. The Labute approximate surface area is 129 Å². The summed E-state index contributed by atoms with van der Waals surface area (Å²) in [7, 11) is 0. The predicted molar refractivity (Wildman–Crippen MR) is 85.6 cm³/mol. The van der Waals surface area contributed by atoms with Crippen molar-refractivity contribution >= 4 is 23.3 Å². The standard InChI is InChI=1S/C16H18ClN3O/c17-14-7-3-8-15(11-14)20-16(21)19-10-2-1-5-13-6-4-9-18-12-13/h3-4,6-9,11-12H,1-2,5,10H2,(H2,19,20,21). The number of aromatic nitrogens is 1. The van der Waals surface area contributed by atoms with Gasteiger partial charge in [-0.25, -0.2) is 4.79 Å². The summed E-state index contributed by atoms with van der Waals surface area (Å²) in [5.41, 5.74) is 1.91. The van der Waals surface area contributed by atoms with Crippen LogP contribution in [0.15, 0.2) is 48.8 Å². The van der Waals surface area contributed by atoms with Crippen LogP contribution in [0.3, 0.4) is 0 Å². The number of urea groups is 1. The van der Waals surface area contributed by atoms with Crippen molar-refractivity contribution in [1.29, 1.82) is 0 Å². The van der Waals surface area contributed by atoms with Crippen LogP contribution in [0, 0.1) is 0 Å². The highest BCUT2D eigenvalue weighted by molar-refractivity contribution is 6.30. The summed E-state index contributed by atoms with van der Waals surface area (Å²) in [6.07, 6.45) is 6.57. The summed E-state index contributed by atoms with van der Waals surface area (Å²) in [4.78, 5) is 15.8. The van der Waals surface area contributed by atoms with E-state index in [0.29, 0.717) is 17.3 Å². The Morgan fingerprint density at radius 2 is 2.10 bits per heavy atom. The van der Waals surface area contributed by atoms with E-state index < -0.39 is 0 Å². The third kappa shape index (κ3) is 5.83. The number of unbranched alkanes of at least 4 members (excludes halogenated alkanes) is 1. The molecule has 0 bridgehead atoms. The van der Waals surface area contributed by atoms with Gasteiger partial charge in [0.1, 0.15) is 0 Å². The number of nitrogens with zero attached hydrogens (tertiary/aromatic N) is 1. The van der Waals surface area contributed by atoms with Crippen LogP contribution in [0.1, 0.15) is 18.4 Å². The number of halogens is 1. The fourth-order valence-electron chi connectivity index (χ4n) is 1.94. The molecule has 0 aliphatic carbocycles. The first-order valence-corrected chi connectivity index (χ1v) is 7.31. The highest BCUT2D eigenvalue weighted by atomic mass is 35.5. The molecule has 0 unspecified atom stereocenters. The highest BCUT2D eigenvalue weighted by Gasteiger charge is 2.01. The molecule has 0 fully saturated rings. The number of rotatable bonds is 6. The van der Waals surface area contributed by atoms with Gasteiger partial charge < -0.3 is 10.6 Å². The molecule has 4 nitrogen and oxygen atoms in total. The Balaban J connectivity index is 1.61. The normalized spacial score (nSPS) is 10.1. The minimum Gasteiger partial charge on any atom is -0.338 e. The molecule has 110 valence electrons. The number of carbonyl (C=O) groups excluding carboxylic acids is 1. The minimum absolute atomic E-state index is 0.210. The van der Waals surface area contributed by atoms with Crippen molar-refractivity contribution in [3.63, 3.8) is 0 Å². The van der Waals surface area contributed by atoms with Crippen molar-refractivity contribution in [3.05, 3.63) is 59.4 Å². The number of amides is 2. The molecular weight excluding hydrogens is 286 g/mol. The molecule has 21 heavy (non-hydrogen) atoms. The maximum atomic E-state index is 11.7. The Bertz CT molecular complexity index is 575. The number of anilines is 1. The van der Waals surface area contributed by atoms with Crippen molar-refractivity contribution in [2.75, 3.05) is 11.9 Å². The number of pyridine rings is 1. The van der Waals surface area contributed by atoms with Crippen molar-refractivity contribution in [1.82, 2.24) is 10.3 Å². The van der Waals surface area contributed by atoms with Crippen molar-refractivity contribution in [2.45, 2.75) is 19.3 Å². The lowest BCUT2D eigenvalue weighted by molar-refractivity contribution is 0.252. The second-order valence-corrected chi connectivity index (χ2v) is 5.15. The topological polar surface area (TPSA) is 54.0 Å². The van der Waals surface area contributed by atoms with Gasteiger partial charge in [-0.15, -0.1) is 0 Å². The van der Waals surface area contributed by atoms with Gasteiger partial charge in [0, 0.05) is 29.6 Å². The van der Waals surface area contributed by atoms with E-state index in [4.69, 9.17) is 11.6 Å². The molecule has 2 rings (SSSR count). The summed E-state index contributed by atoms with van der Waals surface area (Å²) >= 11 is 5.86. The molecular formula is C16H18ClN3O. The summed E-state index contributed by atoms with van der Waals surface area (Å²) in [6, 6.07) is 10.9. The van der Waals surface area contributed by atoms with E-state index in [0.717, 1.165) is 19.3 Å². The molecule has 2 amide bonds. The summed E-state index contributed by atoms with van der Waals surface area (Å²) in [6.45, 7) is 0.645. The van der Waals surface area contributed by atoms with E-state index >= 15 is 0 Å². The quantitative estimate of drug-likeness (QED) is 0.796. The molecule has 0 spiro atoms. The number of nitrogens with one attached hydrogen (secondary N) is 2. The van der Waals surface area contributed by atoms with Gasteiger partial charge >= 0.3 is 6.03 Å². The Hall–Kier alpha value is -2.07. The Morgan fingerprint density at radius 1 is 1.19 bits per heavy atom. The Kier molecular flexibility index (Phi) is 6.03. The highest BCUT2D eigenvalue weighted by Crippen LogP contribution is 2.14. The van der Waals surface area contributed by atoms with Crippen LogP contribution in [0.5, 0.6) is 0 Å². The van der Waals surface area contributed by atoms with Gasteiger partial charge in [-0.2, -0.15) is 0 Å². The van der Waals surface area contributed by atoms with Gasteiger partial charge in [0.15, 0.2) is 0 Å². The number of benzene rings is 1. The lowest BCUT2D eigenvalue weighted by atomic mass is 10.1. The van der Waals surface area contributed by atoms with Crippen LogP contribution < -0.4 is 10.6 Å². The zero-order valence-electron chi connectivity index (χ0n) is 11.7. The SMILES string of the molecule is O=C(NCCCCc1cccnc1)Nc1cccc(Cl)c1. The molecule has 0 aliphatic heterocycles. The van der Waals surface area contributed by atoms with Crippen molar-refractivity contribution < 1.29 is 4.79 Å². The summed E-state index contributed by atoms with van der Waals surface area (Å²) < 4.78 is 0. The van der Waals surface area contributed by atoms with Crippen LogP contribution in [0.25, 0.3) is 0 Å². The van der Waals surface area contributed by atoms with E-state index in [9.17, 15) is 4.79 Å². The zero-order valence-corrected chi connectivity index (χ0v) is 12.4. The van der Waals surface area contributed by atoms with Crippen LogP contribution in [0.2, 0.25) is 5.02 Å². The third-order valence-corrected chi connectivity index (χ3v) is 3.22. The van der Waals surface area contributed by atoms with E-state index in [2.05, 4.69) is 21.7 Å². The smallest absolute Gasteiger partial charge is 0.319 e. The maximum absolute atomic E-state index is 11.7. The van der Waals surface area contributed by atoms with E-state index in [1.165, 1.54) is 5.56 Å². The van der Waals surface area contributed by atoms with Crippen LogP contribution in [-0.2, 0) is 6.42 Å². The lowest BCUT2D eigenvalue weighted by Gasteiger charge is -2.07. The summed E-state index contributed by atoms with van der Waals surface area (Å²) in [5.74, 6) is 0. The monoisotopic (exact) mass is 303 g/mol. The Morgan fingerprint density at radius 3 is 2.86 bits per heavy atom. The van der Waals surface area contributed by atoms with E-state index in [-0.39, 0.29) is 6.03 Å². The molecule has 0 aliphatic rings. The number of aryl methyl sites for hydroxylation is 1. The molecule has 2 aromatic rings. The molecule has 0 atom stereocenters. The zero-order chi connectivity index (χ0) is 14.9. The number of carbonyl (C=O) groups is 1. The fraction of sp³-hybridized carbons (Fsp3) is 0.250. The van der Waals surface area contributed by atoms with Crippen LogP contribution in [0.4, 0.5) is 10.5 Å². The van der Waals surface area contributed by atoms with Crippen LogP contribution >= 0.6 is 11.6 Å². The second-order valence-electron chi connectivity index (χ2n) is 4.71.